The molecule has 0 unspecified atom stereocenters. The Hall–Kier alpha value is -2.86. The van der Waals surface area contributed by atoms with Crippen LogP contribution in [-0.4, -0.2) is 52.3 Å². The summed E-state index contributed by atoms with van der Waals surface area (Å²) in [6.45, 7) is 3.29. The molecule has 1 fully saturated rings. The van der Waals surface area contributed by atoms with Gasteiger partial charge >= 0.3 is 5.97 Å². The minimum Gasteiger partial charge on any atom is -0.444 e. The van der Waals surface area contributed by atoms with Gasteiger partial charge in [0.05, 0.1) is 5.56 Å². The van der Waals surface area contributed by atoms with Crippen molar-refractivity contribution in [3.05, 3.63) is 29.8 Å². The lowest BCUT2D eigenvalue weighted by molar-refractivity contribution is -0.121. The molecule has 1 saturated heterocycles. The van der Waals surface area contributed by atoms with Crippen molar-refractivity contribution in [1.82, 2.24) is 4.90 Å². The van der Waals surface area contributed by atoms with E-state index in [-0.39, 0.29) is 23.8 Å². The van der Waals surface area contributed by atoms with Crippen LogP contribution in [0.25, 0.3) is 0 Å². The number of carbonyl (C=O) groups excluding carboxylic acids is 3. The summed E-state index contributed by atoms with van der Waals surface area (Å²) in [5, 5.41) is 11.6. The second-order valence-electron chi connectivity index (χ2n) is 6.54. The van der Waals surface area contributed by atoms with Gasteiger partial charge in [0.2, 0.25) is 5.91 Å². The Morgan fingerprint density at radius 1 is 1.36 bits per heavy atom. The van der Waals surface area contributed by atoms with E-state index in [2.05, 4.69) is 15.2 Å². The van der Waals surface area contributed by atoms with Gasteiger partial charge < -0.3 is 15.0 Å². The Labute approximate surface area is 166 Å². The highest BCUT2D eigenvalue weighted by Crippen LogP contribution is 2.29. The van der Waals surface area contributed by atoms with Crippen LogP contribution in [-0.2, 0) is 14.3 Å². The first kappa shape index (κ1) is 19.9. The summed E-state index contributed by atoms with van der Waals surface area (Å²) in [5.74, 6) is -1.17. The van der Waals surface area contributed by atoms with Gasteiger partial charge in [0.15, 0.2) is 11.3 Å². The Kier molecular flexibility index (Phi) is 6.31. The Balaban J connectivity index is 1.50. The van der Waals surface area contributed by atoms with Crippen LogP contribution >= 0.6 is 11.8 Å². The SMILES string of the molecule is C[C@@H](C#N)OC(=O)c1ccc(NC(=O)C[C@H]2SC(N3CCCC3)=NC2=O)cc1. The predicted octanol–water partition coefficient (Wildman–Crippen LogP) is 2.18. The summed E-state index contributed by atoms with van der Waals surface area (Å²) in [6, 6.07) is 7.97. The minimum absolute atomic E-state index is 0.0355. The number of nitrogens with zero attached hydrogens (tertiary/aromatic N) is 3. The number of nitrogens with one attached hydrogen (secondary N) is 1. The van der Waals surface area contributed by atoms with Crippen LogP contribution in [0.15, 0.2) is 29.3 Å². The molecular formula is C19H20N4O4S. The highest BCUT2D eigenvalue weighted by molar-refractivity contribution is 8.15. The average molecular weight is 400 g/mol. The number of anilines is 1. The number of likely N-dealkylation sites (tertiary alicyclic amines) is 1. The van der Waals surface area contributed by atoms with Crippen LogP contribution in [0.5, 0.6) is 0 Å². The summed E-state index contributed by atoms with van der Waals surface area (Å²) in [4.78, 5) is 42.4. The van der Waals surface area contributed by atoms with Crippen molar-refractivity contribution in [2.75, 3.05) is 18.4 Å². The molecule has 2 atom stereocenters. The third kappa shape index (κ3) is 4.89. The van der Waals surface area contributed by atoms with E-state index >= 15 is 0 Å². The molecule has 2 aliphatic rings. The highest BCUT2D eigenvalue weighted by atomic mass is 32.2. The van der Waals surface area contributed by atoms with Crippen LogP contribution in [0.1, 0.15) is 36.5 Å². The molecule has 146 valence electrons. The van der Waals surface area contributed by atoms with Crippen molar-refractivity contribution in [2.45, 2.75) is 37.5 Å². The van der Waals surface area contributed by atoms with Crippen molar-refractivity contribution >= 4 is 40.4 Å². The van der Waals surface area contributed by atoms with Gasteiger partial charge in [0.1, 0.15) is 11.3 Å². The normalized spacial score (nSPS) is 19.7. The second-order valence-corrected chi connectivity index (χ2v) is 7.71. The van der Waals surface area contributed by atoms with E-state index in [1.54, 1.807) is 12.1 Å². The zero-order chi connectivity index (χ0) is 20.1. The molecule has 0 saturated carbocycles. The largest absolute Gasteiger partial charge is 0.444 e. The molecule has 0 aromatic heterocycles. The summed E-state index contributed by atoms with van der Waals surface area (Å²) in [7, 11) is 0. The fraction of sp³-hybridized carbons (Fsp3) is 0.421. The van der Waals surface area contributed by atoms with Crippen LogP contribution in [0.3, 0.4) is 0 Å². The Morgan fingerprint density at radius 2 is 2.04 bits per heavy atom. The van der Waals surface area contributed by atoms with Crippen molar-refractivity contribution in [3.63, 3.8) is 0 Å². The van der Waals surface area contributed by atoms with E-state index in [0.29, 0.717) is 5.69 Å². The predicted molar refractivity (Wildman–Crippen MR) is 105 cm³/mol. The van der Waals surface area contributed by atoms with E-state index < -0.39 is 17.3 Å². The van der Waals surface area contributed by atoms with Gasteiger partial charge in [-0.2, -0.15) is 10.3 Å². The monoisotopic (exact) mass is 400 g/mol. The van der Waals surface area contributed by atoms with E-state index in [1.165, 1.54) is 30.8 Å². The van der Waals surface area contributed by atoms with Gasteiger partial charge in [0, 0.05) is 25.2 Å². The van der Waals surface area contributed by atoms with E-state index in [1.807, 2.05) is 6.07 Å². The number of ether oxygens (including phenoxy) is 1. The fourth-order valence-electron chi connectivity index (χ4n) is 2.88. The third-order valence-corrected chi connectivity index (χ3v) is 5.56. The van der Waals surface area contributed by atoms with Gasteiger partial charge in [-0.15, -0.1) is 0 Å². The first-order valence-electron chi connectivity index (χ1n) is 9.01. The molecule has 0 aliphatic carbocycles. The molecule has 9 heteroatoms. The first-order chi connectivity index (χ1) is 13.5. The highest BCUT2D eigenvalue weighted by Gasteiger charge is 2.33. The number of amidine groups is 1. The maximum Gasteiger partial charge on any atom is 0.339 e. The zero-order valence-corrected chi connectivity index (χ0v) is 16.2. The number of esters is 1. The van der Waals surface area contributed by atoms with Crippen LogP contribution in [0.2, 0.25) is 0 Å². The summed E-state index contributed by atoms with van der Waals surface area (Å²) in [5.41, 5.74) is 0.788. The summed E-state index contributed by atoms with van der Waals surface area (Å²) >= 11 is 1.35. The lowest BCUT2D eigenvalue weighted by Gasteiger charge is -2.16. The van der Waals surface area contributed by atoms with E-state index in [4.69, 9.17) is 10.00 Å². The quantitative estimate of drug-likeness (QED) is 0.754. The maximum atomic E-state index is 12.3. The molecule has 0 radical (unpaired) electrons. The summed E-state index contributed by atoms with van der Waals surface area (Å²) < 4.78 is 4.91. The standard InChI is InChI=1S/C19H20N4O4S/c1-12(11-20)27-18(26)13-4-6-14(7-5-13)21-16(24)10-15-17(25)22-19(28-15)23-8-2-3-9-23/h4-7,12,15H,2-3,8-10H2,1H3,(H,21,24)/t12-,15+/m0/s1. The lowest BCUT2D eigenvalue weighted by Crippen LogP contribution is -2.25. The molecule has 2 heterocycles. The molecule has 3 rings (SSSR count). The first-order valence-corrected chi connectivity index (χ1v) is 9.89. The molecule has 1 aromatic carbocycles. The zero-order valence-electron chi connectivity index (χ0n) is 15.4. The number of aliphatic imine (C=N–C) groups is 1. The number of thioether (sulfide) groups is 1. The van der Waals surface area contributed by atoms with Gasteiger partial charge in [-0.1, -0.05) is 11.8 Å². The summed E-state index contributed by atoms with van der Waals surface area (Å²) in [6.07, 6.45) is 1.39. The smallest absolute Gasteiger partial charge is 0.339 e. The molecule has 1 aromatic rings. The van der Waals surface area contributed by atoms with Crippen molar-refractivity contribution in [1.29, 1.82) is 5.26 Å². The van der Waals surface area contributed by atoms with E-state index in [9.17, 15) is 14.4 Å². The van der Waals surface area contributed by atoms with Gasteiger partial charge in [0.25, 0.3) is 5.91 Å². The van der Waals surface area contributed by atoms with Crippen molar-refractivity contribution in [3.8, 4) is 6.07 Å². The number of nitriles is 1. The van der Waals surface area contributed by atoms with Gasteiger partial charge in [-0.05, 0) is 44.0 Å². The molecule has 2 aliphatic heterocycles. The molecular weight excluding hydrogens is 380 g/mol. The topological polar surface area (TPSA) is 112 Å². The molecule has 8 nitrogen and oxygen atoms in total. The number of hydrogen-bond acceptors (Lipinski definition) is 7. The van der Waals surface area contributed by atoms with Crippen LogP contribution in [0, 0.1) is 11.3 Å². The fourth-order valence-corrected chi connectivity index (χ4v) is 3.99. The molecule has 2 amide bonds. The Bertz CT molecular complexity index is 840. The third-order valence-electron chi connectivity index (χ3n) is 4.35. The minimum atomic E-state index is -0.832. The van der Waals surface area contributed by atoms with Gasteiger partial charge in [-0.25, -0.2) is 4.79 Å². The molecule has 0 spiro atoms. The lowest BCUT2D eigenvalue weighted by atomic mass is 10.2. The Morgan fingerprint density at radius 3 is 2.68 bits per heavy atom. The molecule has 28 heavy (non-hydrogen) atoms. The molecule has 1 N–H and O–H groups in total. The molecule has 0 bridgehead atoms. The van der Waals surface area contributed by atoms with Crippen LogP contribution < -0.4 is 5.32 Å². The van der Waals surface area contributed by atoms with E-state index in [0.717, 1.165) is 31.1 Å². The van der Waals surface area contributed by atoms with Crippen molar-refractivity contribution < 1.29 is 19.1 Å². The number of benzene rings is 1. The van der Waals surface area contributed by atoms with Gasteiger partial charge in [-0.3, -0.25) is 9.59 Å². The van der Waals surface area contributed by atoms with Crippen LogP contribution in [0.4, 0.5) is 5.69 Å². The number of rotatable bonds is 5. The number of amides is 2. The average Bonchev–Trinajstić information content (AvgIpc) is 3.32. The van der Waals surface area contributed by atoms with Crippen molar-refractivity contribution in [2.24, 2.45) is 4.99 Å². The second kappa shape index (κ2) is 8.89. The number of carbonyl (C=O) groups is 3. The number of hydrogen-bond donors (Lipinski definition) is 1. The maximum absolute atomic E-state index is 12.3.